The average Bonchev–Trinajstić information content (AvgIpc) is 3.58. The summed E-state index contributed by atoms with van der Waals surface area (Å²) in [5.41, 5.74) is 1.96. The Hall–Kier alpha value is -1.56. The predicted molar refractivity (Wildman–Crippen MR) is 130 cm³/mol. The van der Waals surface area contributed by atoms with Crippen LogP contribution in [-0.2, 0) is 16.6 Å². The summed E-state index contributed by atoms with van der Waals surface area (Å²) in [7, 11) is 1.82. The molecule has 5 nitrogen and oxygen atoms in total. The van der Waals surface area contributed by atoms with E-state index in [1.54, 1.807) is 0 Å². The van der Waals surface area contributed by atoms with Gasteiger partial charge in [-0.1, -0.05) is 12.1 Å². The second-order valence-electron chi connectivity index (χ2n) is 12.5. The lowest BCUT2D eigenvalue weighted by molar-refractivity contribution is -0.298. The molecule has 1 aromatic rings. The van der Waals surface area contributed by atoms with Crippen LogP contribution in [0, 0.1) is 17.3 Å². The zero-order valence-electron chi connectivity index (χ0n) is 21.1. The van der Waals surface area contributed by atoms with Gasteiger partial charge in [0.2, 0.25) is 0 Å². The summed E-state index contributed by atoms with van der Waals surface area (Å²) in [4.78, 5) is 2.81. The number of aromatic hydroxyl groups is 1. The van der Waals surface area contributed by atoms with Gasteiger partial charge in [-0.3, -0.25) is 4.90 Å². The first-order valence-corrected chi connectivity index (χ1v) is 13.4. The highest BCUT2D eigenvalue weighted by Gasteiger charge is 2.82. The van der Waals surface area contributed by atoms with Crippen molar-refractivity contribution in [1.29, 1.82) is 0 Å². The van der Waals surface area contributed by atoms with E-state index in [1.807, 2.05) is 40.0 Å². The molecule has 2 spiro atoms. The average molecular weight is 466 g/mol. The van der Waals surface area contributed by atoms with E-state index >= 15 is 0 Å². The monoisotopic (exact) mass is 465 g/mol. The summed E-state index contributed by atoms with van der Waals surface area (Å²) in [5.74, 6) is 1.75. The van der Waals surface area contributed by atoms with Crippen molar-refractivity contribution in [1.82, 2.24) is 4.90 Å². The summed E-state index contributed by atoms with van der Waals surface area (Å²) in [6.45, 7) is 8.35. The minimum atomic E-state index is -0.976. The highest BCUT2D eigenvalue weighted by molar-refractivity contribution is 5.63. The van der Waals surface area contributed by atoms with Crippen molar-refractivity contribution in [2.45, 2.75) is 94.5 Å². The highest BCUT2D eigenvalue weighted by atomic mass is 16.6. The van der Waals surface area contributed by atoms with E-state index in [0.29, 0.717) is 11.8 Å². The molecule has 1 aromatic carbocycles. The van der Waals surface area contributed by atoms with Gasteiger partial charge in [0.25, 0.3) is 0 Å². The summed E-state index contributed by atoms with van der Waals surface area (Å²) in [6, 6.07) is 4.44. The van der Waals surface area contributed by atoms with Crippen LogP contribution in [0.5, 0.6) is 11.5 Å². The van der Waals surface area contributed by atoms with E-state index in [-0.39, 0.29) is 28.6 Å². The van der Waals surface area contributed by atoms with Gasteiger partial charge < -0.3 is 19.7 Å². The van der Waals surface area contributed by atoms with Crippen LogP contribution in [0.3, 0.4) is 0 Å². The zero-order chi connectivity index (χ0) is 23.7. The fourth-order valence-corrected chi connectivity index (χ4v) is 9.62. The van der Waals surface area contributed by atoms with Crippen molar-refractivity contribution in [2.24, 2.45) is 17.3 Å². The molecule has 2 N–H and O–H groups in total. The lowest BCUT2D eigenvalue weighted by atomic mass is 9.33. The number of allylic oxidation sites excluding steroid dienone is 1. The third-order valence-corrected chi connectivity index (χ3v) is 11.6. The van der Waals surface area contributed by atoms with E-state index in [4.69, 9.17) is 9.47 Å². The maximum atomic E-state index is 12.1. The number of phenols is 1. The van der Waals surface area contributed by atoms with Gasteiger partial charge in [0.15, 0.2) is 11.5 Å². The predicted octanol–water partition coefficient (Wildman–Crippen LogP) is 4.33. The van der Waals surface area contributed by atoms with Crippen LogP contribution in [0.25, 0.3) is 0 Å². The molecule has 2 unspecified atom stereocenters. The largest absolute Gasteiger partial charge is 0.504 e. The molecule has 184 valence electrons. The Kier molecular flexibility index (Phi) is 4.21. The molecule has 2 aliphatic heterocycles. The number of hydrogen-bond donors (Lipinski definition) is 2. The lowest BCUT2D eigenvalue weighted by Gasteiger charge is -2.75. The lowest BCUT2D eigenvalue weighted by Crippen LogP contribution is -2.82. The van der Waals surface area contributed by atoms with Gasteiger partial charge in [-0.05, 0) is 95.4 Å². The molecule has 1 saturated heterocycles. The number of hydrogen-bond acceptors (Lipinski definition) is 5. The van der Waals surface area contributed by atoms with Crippen LogP contribution in [0.1, 0.15) is 70.4 Å². The van der Waals surface area contributed by atoms with Gasteiger partial charge in [0.1, 0.15) is 11.7 Å². The Balaban J connectivity index is 1.47. The Morgan fingerprint density at radius 3 is 2.79 bits per heavy atom. The van der Waals surface area contributed by atoms with Crippen LogP contribution in [0.15, 0.2) is 23.8 Å². The van der Waals surface area contributed by atoms with E-state index in [2.05, 4.69) is 11.0 Å². The molecular weight excluding hydrogens is 426 g/mol. The van der Waals surface area contributed by atoms with E-state index in [1.165, 1.54) is 30.5 Å². The minimum absolute atomic E-state index is 0.0276. The second-order valence-corrected chi connectivity index (χ2v) is 12.5. The maximum absolute atomic E-state index is 12.1. The Morgan fingerprint density at radius 1 is 1.29 bits per heavy atom. The number of nitrogens with zero attached hydrogens (tertiary/aromatic N) is 1. The molecule has 5 aliphatic carbocycles. The maximum Gasteiger partial charge on any atom is 0.165 e. The van der Waals surface area contributed by atoms with E-state index in [0.717, 1.165) is 50.1 Å². The van der Waals surface area contributed by atoms with Crippen LogP contribution in [0.4, 0.5) is 0 Å². The SMILES string of the molecule is CC=C(C)C(C)(O)[C@H]1CC23CC[C@@]1(OC)[C@@H]1Oc4c(O)ccc5c4[C@@]12CCN(CC1CC1)[C@@H]3C5. The van der Waals surface area contributed by atoms with Gasteiger partial charge in [-0.25, -0.2) is 0 Å². The number of fused-ring (bicyclic) bond motifs is 2. The fourth-order valence-electron chi connectivity index (χ4n) is 9.62. The number of likely N-dealkylation sites (tertiary alicyclic amines) is 1. The van der Waals surface area contributed by atoms with Crippen molar-refractivity contribution in [3.8, 4) is 11.5 Å². The van der Waals surface area contributed by atoms with Gasteiger partial charge in [-0.2, -0.15) is 0 Å². The Bertz CT molecular complexity index is 1090. The number of ether oxygens (including phenoxy) is 2. The summed E-state index contributed by atoms with van der Waals surface area (Å²) in [6.07, 6.45) is 9.61. The minimum Gasteiger partial charge on any atom is -0.504 e. The number of piperidine rings is 1. The number of phenolic OH excluding ortho intramolecular Hbond substituents is 1. The molecule has 0 aromatic heterocycles. The number of methoxy groups -OCH3 is 1. The quantitative estimate of drug-likeness (QED) is 0.634. The topological polar surface area (TPSA) is 62.2 Å². The molecule has 34 heavy (non-hydrogen) atoms. The highest BCUT2D eigenvalue weighted by Crippen LogP contribution is 2.77. The second kappa shape index (κ2) is 6.60. The fraction of sp³-hybridized carbons (Fsp3) is 0.724. The standard InChI is InChI=1S/C29H39NO4/c1-5-17(2)26(3,32)21-15-27-10-11-29(21,33-4)25-28(27)12-13-30(16-18-6-7-18)22(27)14-19-8-9-20(31)24(34-25)23(19)28/h5,8-9,18,21-22,25,31-32H,6-7,10-16H2,1-4H3/t21-,22-,25-,26?,27?,28+,29+/m1/s1. The van der Waals surface area contributed by atoms with Gasteiger partial charge >= 0.3 is 0 Å². The molecule has 7 aliphatic rings. The molecule has 5 heteroatoms. The summed E-state index contributed by atoms with van der Waals surface area (Å²) >= 11 is 0. The van der Waals surface area contributed by atoms with Crippen molar-refractivity contribution < 1.29 is 19.7 Å². The summed E-state index contributed by atoms with van der Waals surface area (Å²) in [5, 5.41) is 23.0. The van der Waals surface area contributed by atoms with Gasteiger partial charge in [0.05, 0.1) is 5.60 Å². The molecule has 2 heterocycles. The van der Waals surface area contributed by atoms with E-state index in [9.17, 15) is 10.2 Å². The van der Waals surface area contributed by atoms with Crippen molar-refractivity contribution >= 4 is 0 Å². The molecule has 4 saturated carbocycles. The Morgan fingerprint density at radius 2 is 2.09 bits per heavy atom. The Labute approximate surface area is 203 Å². The first kappa shape index (κ1) is 21.7. The number of benzene rings is 1. The van der Waals surface area contributed by atoms with Crippen molar-refractivity contribution in [2.75, 3.05) is 20.2 Å². The molecular formula is C29H39NO4. The molecule has 0 radical (unpaired) electrons. The summed E-state index contributed by atoms with van der Waals surface area (Å²) < 4.78 is 13.4. The van der Waals surface area contributed by atoms with Crippen molar-refractivity contribution in [3.05, 3.63) is 34.9 Å². The molecule has 4 bridgehead atoms. The van der Waals surface area contributed by atoms with Crippen LogP contribution < -0.4 is 4.74 Å². The third kappa shape index (κ3) is 2.24. The van der Waals surface area contributed by atoms with Crippen LogP contribution in [0.2, 0.25) is 0 Å². The van der Waals surface area contributed by atoms with Gasteiger partial charge in [-0.15, -0.1) is 0 Å². The number of aliphatic hydroxyl groups is 1. The first-order valence-electron chi connectivity index (χ1n) is 13.4. The third-order valence-electron chi connectivity index (χ3n) is 11.6. The first-order chi connectivity index (χ1) is 16.2. The molecule has 7 atom stereocenters. The van der Waals surface area contributed by atoms with Gasteiger partial charge in [0, 0.05) is 42.0 Å². The molecule has 0 amide bonds. The number of rotatable bonds is 5. The molecule has 8 rings (SSSR count). The van der Waals surface area contributed by atoms with Crippen molar-refractivity contribution in [3.63, 3.8) is 0 Å². The smallest absolute Gasteiger partial charge is 0.165 e. The normalized spacial score (nSPS) is 43.9. The van der Waals surface area contributed by atoms with E-state index < -0.39 is 11.2 Å². The zero-order valence-corrected chi connectivity index (χ0v) is 21.1. The van der Waals surface area contributed by atoms with Crippen LogP contribution in [-0.4, -0.2) is 58.7 Å². The van der Waals surface area contributed by atoms with Crippen LogP contribution >= 0.6 is 0 Å². The molecule has 5 fully saturated rings.